The van der Waals surface area contributed by atoms with Crippen LogP contribution in [0.1, 0.15) is 64.2 Å². The Morgan fingerprint density at radius 3 is 2.89 bits per heavy atom. The fraction of sp³-hybridized carbons (Fsp3) is 0.786. The first-order valence-corrected chi connectivity index (χ1v) is 7.03. The third kappa shape index (κ3) is 2.45. The van der Waals surface area contributed by atoms with E-state index in [1.54, 1.807) is 0 Å². The van der Waals surface area contributed by atoms with E-state index in [2.05, 4.69) is 23.4 Å². The summed E-state index contributed by atoms with van der Waals surface area (Å²) in [5.41, 5.74) is 7.18. The van der Waals surface area contributed by atoms with Gasteiger partial charge in [-0.1, -0.05) is 13.8 Å². The van der Waals surface area contributed by atoms with Crippen molar-refractivity contribution in [2.24, 2.45) is 5.73 Å². The van der Waals surface area contributed by atoms with Gasteiger partial charge in [-0.3, -0.25) is 0 Å². The number of aromatic nitrogens is 2. The molecule has 0 bridgehead atoms. The molecule has 1 fully saturated rings. The molecule has 2 atom stereocenters. The van der Waals surface area contributed by atoms with E-state index in [0.717, 1.165) is 38.0 Å². The topological polar surface area (TPSA) is 53.1 Å². The van der Waals surface area contributed by atoms with Crippen LogP contribution in [0.2, 0.25) is 0 Å². The van der Waals surface area contributed by atoms with Crippen molar-refractivity contribution in [3.8, 4) is 0 Å². The van der Waals surface area contributed by atoms with Gasteiger partial charge in [-0.25, -0.2) is 4.98 Å². The van der Waals surface area contributed by atoms with Crippen molar-refractivity contribution < 1.29 is 4.74 Å². The minimum atomic E-state index is 0.0352. The van der Waals surface area contributed by atoms with E-state index >= 15 is 0 Å². The van der Waals surface area contributed by atoms with E-state index in [1.807, 2.05) is 19.4 Å². The average molecular weight is 251 g/mol. The molecule has 2 rings (SSSR count). The van der Waals surface area contributed by atoms with Crippen LogP contribution >= 0.6 is 0 Å². The third-order valence-corrected chi connectivity index (χ3v) is 4.31. The second kappa shape index (κ2) is 5.41. The van der Waals surface area contributed by atoms with Gasteiger partial charge in [0.1, 0.15) is 0 Å². The Hall–Kier alpha value is -0.870. The molecule has 0 aliphatic carbocycles. The maximum atomic E-state index is 6.03. The van der Waals surface area contributed by atoms with Crippen LogP contribution in [0.5, 0.6) is 0 Å². The minimum Gasteiger partial charge on any atom is -0.375 e. The van der Waals surface area contributed by atoms with Crippen LogP contribution in [0.3, 0.4) is 0 Å². The highest BCUT2D eigenvalue weighted by Gasteiger charge is 2.35. The van der Waals surface area contributed by atoms with E-state index in [0.29, 0.717) is 6.04 Å². The predicted molar refractivity (Wildman–Crippen MR) is 72.4 cm³/mol. The van der Waals surface area contributed by atoms with Gasteiger partial charge in [-0.2, -0.15) is 0 Å². The molecule has 1 aliphatic heterocycles. The zero-order chi connectivity index (χ0) is 13.2. The number of imidazole rings is 1. The number of ether oxygens (including phenoxy) is 1. The molecular formula is C14H25N3O. The zero-order valence-corrected chi connectivity index (χ0v) is 11.7. The van der Waals surface area contributed by atoms with Crippen LogP contribution in [0.15, 0.2) is 12.5 Å². The van der Waals surface area contributed by atoms with Crippen LogP contribution in [0, 0.1) is 0 Å². The number of rotatable bonds is 4. The Labute approximate surface area is 110 Å². The van der Waals surface area contributed by atoms with Gasteiger partial charge in [-0.15, -0.1) is 0 Å². The molecule has 0 aromatic carbocycles. The van der Waals surface area contributed by atoms with Crippen LogP contribution in [0.25, 0.3) is 0 Å². The van der Waals surface area contributed by atoms with Crippen molar-refractivity contribution in [2.75, 3.05) is 6.61 Å². The Morgan fingerprint density at radius 2 is 2.28 bits per heavy atom. The number of nitrogens with two attached hydrogens (primary N) is 1. The molecule has 18 heavy (non-hydrogen) atoms. The van der Waals surface area contributed by atoms with E-state index in [1.165, 1.54) is 0 Å². The molecule has 0 saturated carbocycles. The molecule has 0 spiro atoms. The molecule has 0 amide bonds. The van der Waals surface area contributed by atoms with Crippen molar-refractivity contribution in [3.63, 3.8) is 0 Å². The van der Waals surface area contributed by atoms with Gasteiger partial charge in [0.25, 0.3) is 0 Å². The Kier molecular flexibility index (Phi) is 4.07. The van der Waals surface area contributed by atoms with E-state index < -0.39 is 0 Å². The second-order valence-corrected chi connectivity index (χ2v) is 5.40. The Morgan fingerprint density at radius 1 is 1.56 bits per heavy atom. The summed E-state index contributed by atoms with van der Waals surface area (Å²) in [5.74, 6) is 0. The Bertz CT molecular complexity index is 382. The quantitative estimate of drug-likeness (QED) is 0.895. The van der Waals surface area contributed by atoms with Crippen molar-refractivity contribution >= 4 is 0 Å². The molecule has 1 aromatic rings. The van der Waals surface area contributed by atoms with Crippen LogP contribution in [0.4, 0.5) is 0 Å². The first-order chi connectivity index (χ1) is 8.62. The highest BCUT2D eigenvalue weighted by Crippen LogP contribution is 2.37. The largest absolute Gasteiger partial charge is 0.375 e. The van der Waals surface area contributed by atoms with Gasteiger partial charge < -0.3 is 15.0 Å². The van der Waals surface area contributed by atoms with Gasteiger partial charge in [0.05, 0.1) is 17.6 Å². The lowest BCUT2D eigenvalue weighted by Crippen LogP contribution is -2.39. The summed E-state index contributed by atoms with van der Waals surface area (Å²) in [7, 11) is 0. The highest BCUT2D eigenvalue weighted by atomic mass is 16.5. The standard InChI is InChI=1S/C14H25N3O/c1-4-14(5-2)8-12(6-7-18-14)17-10-16-9-13(17)11(3)15/h9-12H,4-8,15H2,1-3H3/t11-,12?/m1/s1. The average Bonchev–Trinajstić information content (AvgIpc) is 2.88. The van der Waals surface area contributed by atoms with E-state index in [9.17, 15) is 0 Å². The van der Waals surface area contributed by atoms with Crippen LogP contribution in [-0.2, 0) is 4.74 Å². The van der Waals surface area contributed by atoms with Crippen molar-refractivity contribution in [1.82, 2.24) is 9.55 Å². The maximum Gasteiger partial charge on any atom is 0.0951 e. The number of nitrogens with zero attached hydrogens (tertiary/aromatic N) is 2. The minimum absolute atomic E-state index is 0.0352. The summed E-state index contributed by atoms with van der Waals surface area (Å²) in [6, 6.07) is 0.509. The summed E-state index contributed by atoms with van der Waals surface area (Å²) in [4.78, 5) is 4.26. The van der Waals surface area contributed by atoms with E-state index in [-0.39, 0.29) is 11.6 Å². The smallest absolute Gasteiger partial charge is 0.0951 e. The molecule has 0 radical (unpaired) electrons. The summed E-state index contributed by atoms with van der Waals surface area (Å²) >= 11 is 0. The summed E-state index contributed by atoms with van der Waals surface area (Å²) in [6.45, 7) is 7.28. The molecule has 102 valence electrons. The molecule has 1 aromatic heterocycles. The number of hydrogen-bond donors (Lipinski definition) is 1. The lowest BCUT2D eigenvalue weighted by Gasteiger charge is -2.41. The predicted octanol–water partition coefficient (Wildman–Crippen LogP) is 2.81. The molecular weight excluding hydrogens is 226 g/mol. The fourth-order valence-corrected chi connectivity index (χ4v) is 2.95. The van der Waals surface area contributed by atoms with E-state index in [4.69, 9.17) is 10.5 Å². The molecule has 2 heterocycles. The summed E-state index contributed by atoms with van der Waals surface area (Å²) in [5, 5.41) is 0. The maximum absolute atomic E-state index is 6.03. The van der Waals surface area contributed by atoms with Crippen molar-refractivity contribution in [1.29, 1.82) is 0 Å². The Balaban J connectivity index is 2.20. The molecule has 1 aliphatic rings. The van der Waals surface area contributed by atoms with Gasteiger partial charge in [-0.05, 0) is 32.6 Å². The normalized spacial score (nSPS) is 25.0. The highest BCUT2D eigenvalue weighted by molar-refractivity contribution is 5.06. The number of hydrogen-bond acceptors (Lipinski definition) is 3. The zero-order valence-electron chi connectivity index (χ0n) is 11.7. The summed E-state index contributed by atoms with van der Waals surface area (Å²) in [6.07, 6.45) is 8.07. The SMILES string of the molecule is CCC1(CC)CC(n2cncc2[C@@H](C)N)CCO1. The van der Waals surface area contributed by atoms with Gasteiger partial charge in [0, 0.05) is 24.9 Å². The molecule has 4 heteroatoms. The third-order valence-electron chi connectivity index (χ3n) is 4.31. The summed E-state index contributed by atoms with van der Waals surface area (Å²) < 4.78 is 8.28. The lowest BCUT2D eigenvalue weighted by atomic mass is 9.85. The van der Waals surface area contributed by atoms with Gasteiger partial charge >= 0.3 is 0 Å². The second-order valence-electron chi connectivity index (χ2n) is 5.40. The first-order valence-electron chi connectivity index (χ1n) is 7.03. The van der Waals surface area contributed by atoms with Crippen LogP contribution < -0.4 is 5.73 Å². The van der Waals surface area contributed by atoms with Crippen LogP contribution in [-0.4, -0.2) is 21.8 Å². The monoisotopic (exact) mass is 251 g/mol. The molecule has 2 N–H and O–H groups in total. The van der Waals surface area contributed by atoms with Crippen molar-refractivity contribution in [3.05, 3.63) is 18.2 Å². The van der Waals surface area contributed by atoms with Gasteiger partial charge in [0.2, 0.25) is 0 Å². The lowest BCUT2D eigenvalue weighted by molar-refractivity contribution is -0.0990. The molecule has 4 nitrogen and oxygen atoms in total. The molecule has 1 saturated heterocycles. The first kappa shape index (κ1) is 13.6. The molecule has 1 unspecified atom stereocenters. The van der Waals surface area contributed by atoms with Crippen molar-refractivity contribution in [2.45, 2.75) is 64.1 Å². The fourth-order valence-electron chi connectivity index (χ4n) is 2.95. The van der Waals surface area contributed by atoms with Gasteiger partial charge in [0.15, 0.2) is 0 Å².